The highest BCUT2D eigenvalue weighted by molar-refractivity contribution is 5.85. The summed E-state index contributed by atoms with van der Waals surface area (Å²) in [6.45, 7) is -1.06. The average molecular weight is 256 g/mol. The molecule has 0 saturated carbocycles. The molecular formula is C9H12N4O5. The Labute approximate surface area is 102 Å². The van der Waals surface area contributed by atoms with Crippen LogP contribution in [0.25, 0.3) is 0 Å². The Hall–Kier alpha value is -2.58. The number of carboxylic acid groups (broad SMARTS) is 1. The molecule has 4 N–H and O–H groups in total. The molecule has 0 spiro atoms. The molecule has 0 atom stereocenters. The summed E-state index contributed by atoms with van der Waals surface area (Å²) in [6, 6.07) is 0.809. The second kappa shape index (κ2) is 6.23. The number of hydrogen-bond acceptors (Lipinski definition) is 5. The van der Waals surface area contributed by atoms with Gasteiger partial charge in [-0.2, -0.15) is 0 Å². The lowest BCUT2D eigenvalue weighted by atomic mass is 10.4. The molecule has 0 aliphatic heterocycles. The Bertz CT molecular complexity index is 414. The fraction of sp³-hybridized carbons (Fsp3) is 0.333. The van der Waals surface area contributed by atoms with Crippen LogP contribution in [0, 0.1) is 0 Å². The van der Waals surface area contributed by atoms with Gasteiger partial charge >= 0.3 is 12.0 Å². The summed E-state index contributed by atoms with van der Waals surface area (Å²) < 4.78 is 4.73. The van der Waals surface area contributed by atoms with Gasteiger partial charge < -0.3 is 25.6 Å². The maximum Gasteiger partial charge on any atom is 0.323 e. The molecule has 1 rings (SSSR count). The van der Waals surface area contributed by atoms with Crippen molar-refractivity contribution in [2.45, 2.75) is 6.54 Å². The zero-order valence-electron chi connectivity index (χ0n) is 9.33. The first kappa shape index (κ1) is 13.5. The van der Waals surface area contributed by atoms with Gasteiger partial charge in [-0.3, -0.25) is 9.59 Å². The summed E-state index contributed by atoms with van der Waals surface area (Å²) in [7, 11) is 0. The van der Waals surface area contributed by atoms with E-state index in [1.54, 1.807) is 0 Å². The number of hydrogen-bond donors (Lipinski definition) is 3. The summed E-state index contributed by atoms with van der Waals surface area (Å²) in [5.41, 5.74) is 4.92. The zero-order valence-corrected chi connectivity index (χ0v) is 9.33. The molecule has 0 unspecified atom stereocenters. The van der Waals surface area contributed by atoms with Gasteiger partial charge in [-0.1, -0.05) is 5.16 Å². The van der Waals surface area contributed by atoms with Crippen LogP contribution in [0.5, 0.6) is 0 Å². The van der Waals surface area contributed by atoms with Crippen LogP contribution in [0.2, 0.25) is 0 Å². The number of rotatable bonds is 6. The maximum absolute atomic E-state index is 11.6. The molecule has 9 nitrogen and oxygen atoms in total. The van der Waals surface area contributed by atoms with E-state index in [-0.39, 0.29) is 6.54 Å². The van der Waals surface area contributed by atoms with Gasteiger partial charge in [-0.25, -0.2) is 4.79 Å². The van der Waals surface area contributed by atoms with Gasteiger partial charge in [0.05, 0.1) is 12.7 Å². The van der Waals surface area contributed by atoms with Crippen molar-refractivity contribution >= 4 is 17.9 Å². The van der Waals surface area contributed by atoms with Crippen LogP contribution in [0.4, 0.5) is 4.79 Å². The third-order valence-corrected chi connectivity index (χ3v) is 1.87. The zero-order chi connectivity index (χ0) is 13.5. The first-order valence-electron chi connectivity index (χ1n) is 4.91. The summed E-state index contributed by atoms with van der Waals surface area (Å²) in [5.74, 6) is -1.64. The minimum absolute atomic E-state index is 0.0354. The summed E-state index contributed by atoms with van der Waals surface area (Å²) in [4.78, 5) is 33.6. The van der Waals surface area contributed by atoms with Crippen LogP contribution < -0.4 is 11.1 Å². The van der Waals surface area contributed by atoms with Gasteiger partial charge in [-0.15, -0.1) is 0 Å². The Morgan fingerprint density at radius 1 is 1.44 bits per heavy atom. The van der Waals surface area contributed by atoms with Gasteiger partial charge in [0.15, 0.2) is 5.76 Å². The molecule has 0 fully saturated rings. The number of carbonyl (C=O) groups excluding carboxylic acids is 2. The minimum atomic E-state index is -1.24. The Kier molecular flexibility index (Phi) is 4.67. The Morgan fingerprint density at radius 3 is 2.67 bits per heavy atom. The second-order valence-corrected chi connectivity index (χ2v) is 3.35. The second-order valence-electron chi connectivity index (χ2n) is 3.35. The number of nitrogens with two attached hydrogens (primary N) is 1. The molecule has 98 valence electrons. The molecule has 1 aromatic heterocycles. The van der Waals surface area contributed by atoms with Crippen molar-refractivity contribution in [2.24, 2.45) is 5.73 Å². The van der Waals surface area contributed by atoms with Crippen molar-refractivity contribution in [2.75, 3.05) is 13.1 Å². The monoisotopic (exact) mass is 256 g/mol. The van der Waals surface area contributed by atoms with Gasteiger partial charge in [-0.05, 0) is 0 Å². The van der Waals surface area contributed by atoms with Crippen molar-refractivity contribution in [1.29, 1.82) is 0 Å². The Morgan fingerprint density at radius 2 is 2.17 bits per heavy atom. The van der Waals surface area contributed by atoms with Gasteiger partial charge in [0, 0.05) is 6.07 Å². The molecular weight excluding hydrogens is 244 g/mol. The van der Waals surface area contributed by atoms with E-state index in [0.717, 1.165) is 4.90 Å². The topological polar surface area (TPSA) is 139 Å². The highest BCUT2D eigenvalue weighted by Crippen LogP contribution is 1.97. The largest absolute Gasteiger partial charge is 0.480 e. The number of aromatic nitrogens is 1. The van der Waals surface area contributed by atoms with E-state index in [4.69, 9.17) is 15.4 Å². The molecule has 3 amide bonds. The lowest BCUT2D eigenvalue weighted by molar-refractivity contribution is -0.137. The SMILES string of the molecule is NC(=O)CN(CC(=O)O)C(=O)NCc1ccno1. The molecule has 0 aromatic carbocycles. The molecule has 0 radical (unpaired) electrons. The van der Waals surface area contributed by atoms with Gasteiger partial charge in [0.1, 0.15) is 13.1 Å². The lowest BCUT2D eigenvalue weighted by Gasteiger charge is -2.18. The molecule has 1 aromatic rings. The standard InChI is InChI=1S/C9H12N4O5/c10-7(14)4-13(5-8(15)16)9(17)11-3-6-1-2-12-18-6/h1-2H,3-5H2,(H2,10,14)(H,11,17)(H,15,16). The number of nitrogens with one attached hydrogen (secondary N) is 1. The summed E-state index contributed by atoms with van der Waals surface area (Å²) in [6.07, 6.45) is 1.40. The number of urea groups is 1. The third-order valence-electron chi connectivity index (χ3n) is 1.87. The quantitative estimate of drug-likeness (QED) is 0.581. The molecule has 9 heteroatoms. The number of primary amides is 1. The van der Waals surface area contributed by atoms with E-state index in [0.29, 0.717) is 5.76 Å². The van der Waals surface area contributed by atoms with E-state index < -0.39 is 31.0 Å². The van der Waals surface area contributed by atoms with Crippen LogP contribution in [0.3, 0.4) is 0 Å². The molecule has 0 bridgehead atoms. The Balaban J connectivity index is 2.52. The van der Waals surface area contributed by atoms with Gasteiger partial charge in [0.2, 0.25) is 5.91 Å². The van der Waals surface area contributed by atoms with E-state index >= 15 is 0 Å². The smallest absolute Gasteiger partial charge is 0.323 e. The summed E-state index contributed by atoms with van der Waals surface area (Å²) in [5, 5.41) is 14.4. The number of nitrogens with zero attached hydrogens (tertiary/aromatic N) is 2. The molecule has 18 heavy (non-hydrogen) atoms. The van der Waals surface area contributed by atoms with Crippen LogP contribution in [-0.4, -0.2) is 46.2 Å². The molecule has 0 saturated heterocycles. The van der Waals surface area contributed by atoms with Crippen LogP contribution >= 0.6 is 0 Å². The first-order valence-corrected chi connectivity index (χ1v) is 4.91. The number of amides is 3. The molecule has 0 aliphatic rings. The fourth-order valence-corrected chi connectivity index (χ4v) is 1.16. The molecule has 1 heterocycles. The maximum atomic E-state index is 11.6. The van der Waals surface area contributed by atoms with Crippen molar-refractivity contribution < 1.29 is 24.0 Å². The lowest BCUT2D eigenvalue weighted by Crippen LogP contribution is -2.46. The minimum Gasteiger partial charge on any atom is -0.480 e. The number of aliphatic carboxylic acids is 1. The van der Waals surface area contributed by atoms with E-state index in [9.17, 15) is 14.4 Å². The predicted molar refractivity (Wildman–Crippen MR) is 57.1 cm³/mol. The van der Waals surface area contributed by atoms with Crippen molar-refractivity contribution in [3.63, 3.8) is 0 Å². The number of carboxylic acids is 1. The van der Waals surface area contributed by atoms with Gasteiger partial charge in [0.25, 0.3) is 0 Å². The van der Waals surface area contributed by atoms with Crippen molar-refractivity contribution in [3.8, 4) is 0 Å². The molecule has 0 aliphatic carbocycles. The first-order chi connectivity index (χ1) is 8.49. The van der Waals surface area contributed by atoms with Crippen molar-refractivity contribution in [1.82, 2.24) is 15.4 Å². The van der Waals surface area contributed by atoms with Crippen molar-refractivity contribution in [3.05, 3.63) is 18.0 Å². The predicted octanol–water partition coefficient (Wildman–Crippen LogP) is -1.24. The highest BCUT2D eigenvalue weighted by Gasteiger charge is 2.18. The number of carbonyl (C=O) groups is 3. The van der Waals surface area contributed by atoms with E-state index in [2.05, 4.69) is 10.5 Å². The van der Waals surface area contributed by atoms with Crippen LogP contribution in [0.15, 0.2) is 16.8 Å². The highest BCUT2D eigenvalue weighted by atomic mass is 16.5. The van der Waals surface area contributed by atoms with E-state index in [1.165, 1.54) is 12.3 Å². The third kappa shape index (κ3) is 4.51. The van der Waals surface area contributed by atoms with Crippen LogP contribution in [-0.2, 0) is 16.1 Å². The van der Waals surface area contributed by atoms with E-state index in [1.807, 2.05) is 0 Å². The van der Waals surface area contributed by atoms with Crippen LogP contribution in [0.1, 0.15) is 5.76 Å². The fourth-order valence-electron chi connectivity index (χ4n) is 1.16. The summed E-state index contributed by atoms with van der Waals surface area (Å²) >= 11 is 0. The average Bonchev–Trinajstić information content (AvgIpc) is 2.76. The normalized spacial score (nSPS) is 9.78.